The van der Waals surface area contributed by atoms with Gasteiger partial charge >= 0.3 is 6.03 Å². The van der Waals surface area contributed by atoms with E-state index in [0.29, 0.717) is 13.1 Å². The van der Waals surface area contributed by atoms with Gasteiger partial charge < -0.3 is 16.4 Å². The summed E-state index contributed by atoms with van der Waals surface area (Å²) in [6, 6.07) is 6.25. The quantitative estimate of drug-likeness (QED) is 0.724. The van der Waals surface area contributed by atoms with Crippen LogP contribution in [0.3, 0.4) is 0 Å². The largest absolute Gasteiger partial charge is 0.338 e. The van der Waals surface area contributed by atoms with Crippen molar-refractivity contribution in [3.8, 4) is 0 Å². The fraction of sp³-hybridized carbons (Fsp3) is 0.533. The number of amides is 2. The zero-order valence-corrected chi connectivity index (χ0v) is 11.6. The van der Waals surface area contributed by atoms with Crippen LogP contribution in [-0.2, 0) is 5.54 Å². The molecule has 4 N–H and O–H groups in total. The molecule has 0 radical (unpaired) electrons. The first kappa shape index (κ1) is 14.8. The molecule has 1 aliphatic rings. The van der Waals surface area contributed by atoms with E-state index in [2.05, 4.69) is 10.6 Å². The molecule has 0 aliphatic heterocycles. The van der Waals surface area contributed by atoms with E-state index in [1.54, 1.807) is 12.1 Å². The van der Waals surface area contributed by atoms with Gasteiger partial charge in [0.05, 0.1) is 5.54 Å². The first-order valence-corrected chi connectivity index (χ1v) is 7.18. The van der Waals surface area contributed by atoms with Gasteiger partial charge in [0.25, 0.3) is 0 Å². The lowest BCUT2D eigenvalue weighted by Gasteiger charge is -2.31. The highest BCUT2D eigenvalue weighted by Gasteiger charge is 2.36. The molecule has 2 amide bonds. The summed E-state index contributed by atoms with van der Waals surface area (Å²) in [5.41, 5.74) is 6.02. The standard InChI is InChI=1S/C15H22FN3O/c16-13-6-4-12(5-7-13)15(8-1-2-9-15)19-14(20)18-11-3-10-17/h4-7H,1-3,8-11,17H2,(H2,18,19,20). The molecule has 1 fully saturated rings. The van der Waals surface area contributed by atoms with Gasteiger partial charge in [0.2, 0.25) is 0 Å². The first-order valence-electron chi connectivity index (χ1n) is 7.18. The first-order chi connectivity index (χ1) is 9.66. The van der Waals surface area contributed by atoms with Crippen molar-refractivity contribution in [3.63, 3.8) is 0 Å². The maximum absolute atomic E-state index is 13.1. The van der Waals surface area contributed by atoms with Crippen molar-refractivity contribution in [2.75, 3.05) is 13.1 Å². The average molecular weight is 279 g/mol. The fourth-order valence-corrected chi connectivity index (χ4v) is 2.80. The molecule has 0 aromatic heterocycles. The average Bonchev–Trinajstić information content (AvgIpc) is 2.89. The fourth-order valence-electron chi connectivity index (χ4n) is 2.80. The third-order valence-electron chi connectivity index (χ3n) is 3.87. The molecule has 0 atom stereocenters. The van der Waals surface area contributed by atoms with Crippen LogP contribution in [0.2, 0.25) is 0 Å². The number of halogens is 1. The van der Waals surface area contributed by atoms with Crippen LogP contribution in [0.25, 0.3) is 0 Å². The van der Waals surface area contributed by atoms with Gasteiger partial charge in [-0.1, -0.05) is 25.0 Å². The van der Waals surface area contributed by atoms with Crippen LogP contribution in [0.1, 0.15) is 37.7 Å². The summed E-state index contributed by atoms with van der Waals surface area (Å²) >= 11 is 0. The van der Waals surface area contributed by atoms with Crippen molar-refractivity contribution >= 4 is 6.03 Å². The Kier molecular flexibility index (Phi) is 4.95. The number of carbonyl (C=O) groups excluding carboxylic acids is 1. The monoisotopic (exact) mass is 279 g/mol. The highest BCUT2D eigenvalue weighted by atomic mass is 19.1. The minimum absolute atomic E-state index is 0.176. The summed E-state index contributed by atoms with van der Waals surface area (Å²) < 4.78 is 13.1. The molecule has 0 spiro atoms. The number of nitrogens with one attached hydrogen (secondary N) is 2. The number of hydrogen-bond acceptors (Lipinski definition) is 2. The summed E-state index contributed by atoms with van der Waals surface area (Å²) in [4.78, 5) is 12.0. The van der Waals surface area contributed by atoms with Gasteiger partial charge in [-0.3, -0.25) is 0 Å². The smallest absolute Gasteiger partial charge is 0.315 e. The summed E-state index contributed by atoms with van der Waals surface area (Å²) in [5.74, 6) is -0.255. The molecule has 1 aliphatic carbocycles. The van der Waals surface area contributed by atoms with Crippen LogP contribution in [0.15, 0.2) is 24.3 Å². The van der Waals surface area contributed by atoms with Crippen molar-refractivity contribution < 1.29 is 9.18 Å². The van der Waals surface area contributed by atoms with Gasteiger partial charge in [-0.25, -0.2) is 9.18 Å². The highest BCUT2D eigenvalue weighted by Crippen LogP contribution is 2.38. The zero-order valence-electron chi connectivity index (χ0n) is 11.6. The third-order valence-corrected chi connectivity index (χ3v) is 3.87. The Morgan fingerprint density at radius 1 is 1.25 bits per heavy atom. The van der Waals surface area contributed by atoms with Crippen LogP contribution < -0.4 is 16.4 Å². The highest BCUT2D eigenvalue weighted by molar-refractivity contribution is 5.75. The molecule has 1 aromatic carbocycles. The lowest BCUT2D eigenvalue weighted by Crippen LogP contribution is -2.48. The molecular weight excluding hydrogens is 257 g/mol. The van der Waals surface area contributed by atoms with E-state index < -0.39 is 0 Å². The van der Waals surface area contributed by atoms with Crippen LogP contribution in [0, 0.1) is 5.82 Å². The maximum atomic E-state index is 13.1. The predicted octanol–water partition coefficient (Wildman–Crippen LogP) is 2.24. The molecule has 4 nitrogen and oxygen atoms in total. The second-order valence-electron chi connectivity index (χ2n) is 5.32. The Balaban J connectivity index is 2.06. The van der Waals surface area contributed by atoms with Crippen molar-refractivity contribution in [3.05, 3.63) is 35.6 Å². The van der Waals surface area contributed by atoms with E-state index in [1.807, 2.05) is 0 Å². The third kappa shape index (κ3) is 3.48. The van der Waals surface area contributed by atoms with Gasteiger partial charge in [-0.05, 0) is 43.5 Å². The Hall–Kier alpha value is -1.62. The van der Waals surface area contributed by atoms with Gasteiger partial charge in [0.1, 0.15) is 5.82 Å². The number of carbonyl (C=O) groups is 1. The Bertz CT molecular complexity index is 441. The van der Waals surface area contributed by atoms with Gasteiger partial charge in [-0.15, -0.1) is 0 Å². The lowest BCUT2D eigenvalue weighted by atomic mass is 9.88. The van der Waals surface area contributed by atoms with Crippen LogP contribution >= 0.6 is 0 Å². The van der Waals surface area contributed by atoms with E-state index in [9.17, 15) is 9.18 Å². The number of rotatable bonds is 5. The normalized spacial score (nSPS) is 16.9. The number of benzene rings is 1. The lowest BCUT2D eigenvalue weighted by molar-refractivity contribution is 0.224. The molecule has 2 rings (SSSR count). The van der Waals surface area contributed by atoms with Gasteiger partial charge in [-0.2, -0.15) is 0 Å². The van der Waals surface area contributed by atoms with E-state index in [-0.39, 0.29) is 17.4 Å². The minimum Gasteiger partial charge on any atom is -0.338 e. The maximum Gasteiger partial charge on any atom is 0.315 e. The Morgan fingerprint density at radius 2 is 1.90 bits per heavy atom. The van der Waals surface area contributed by atoms with Crippen LogP contribution in [0.4, 0.5) is 9.18 Å². The van der Waals surface area contributed by atoms with E-state index in [4.69, 9.17) is 5.73 Å². The molecule has 0 bridgehead atoms. The van der Waals surface area contributed by atoms with Crippen molar-refractivity contribution in [1.82, 2.24) is 10.6 Å². The molecule has 5 heteroatoms. The number of nitrogens with two attached hydrogens (primary N) is 1. The molecule has 110 valence electrons. The van der Waals surface area contributed by atoms with Crippen molar-refractivity contribution in [2.45, 2.75) is 37.6 Å². The molecule has 0 heterocycles. The Labute approximate surface area is 118 Å². The summed E-state index contributed by atoms with van der Waals surface area (Å²) in [6.45, 7) is 1.13. The van der Waals surface area contributed by atoms with E-state index in [0.717, 1.165) is 37.7 Å². The van der Waals surface area contributed by atoms with Crippen molar-refractivity contribution in [1.29, 1.82) is 0 Å². The van der Waals surface area contributed by atoms with E-state index >= 15 is 0 Å². The zero-order chi connectivity index (χ0) is 14.4. The minimum atomic E-state index is -0.361. The summed E-state index contributed by atoms with van der Waals surface area (Å²) in [5, 5.41) is 5.89. The Morgan fingerprint density at radius 3 is 2.50 bits per heavy atom. The molecule has 20 heavy (non-hydrogen) atoms. The second kappa shape index (κ2) is 6.70. The SMILES string of the molecule is NCCCNC(=O)NC1(c2ccc(F)cc2)CCCC1. The number of hydrogen-bond donors (Lipinski definition) is 3. The van der Waals surface area contributed by atoms with Crippen LogP contribution in [-0.4, -0.2) is 19.1 Å². The number of urea groups is 1. The van der Waals surface area contributed by atoms with E-state index in [1.165, 1.54) is 12.1 Å². The summed E-state index contributed by atoms with van der Waals surface area (Å²) in [7, 11) is 0. The topological polar surface area (TPSA) is 67.1 Å². The molecule has 0 saturated heterocycles. The second-order valence-corrected chi connectivity index (χ2v) is 5.32. The molecule has 0 unspecified atom stereocenters. The van der Waals surface area contributed by atoms with Crippen LogP contribution in [0.5, 0.6) is 0 Å². The summed E-state index contributed by atoms with van der Waals surface area (Å²) in [6.07, 6.45) is 4.68. The van der Waals surface area contributed by atoms with Gasteiger partial charge in [0.15, 0.2) is 0 Å². The molecule has 1 saturated carbocycles. The van der Waals surface area contributed by atoms with Gasteiger partial charge in [0, 0.05) is 6.54 Å². The predicted molar refractivity (Wildman–Crippen MR) is 76.8 cm³/mol. The molecular formula is C15H22FN3O. The van der Waals surface area contributed by atoms with Crippen molar-refractivity contribution in [2.24, 2.45) is 5.73 Å². The molecule has 1 aromatic rings.